The number of hydrogen-bond acceptors (Lipinski definition) is 5. The molecule has 0 radical (unpaired) electrons. The predicted octanol–water partition coefficient (Wildman–Crippen LogP) is 2.24. The van der Waals surface area contributed by atoms with Gasteiger partial charge in [-0.25, -0.2) is 5.43 Å². The van der Waals surface area contributed by atoms with Gasteiger partial charge in [-0.05, 0) is 28.1 Å². The Balaban J connectivity index is 1.84. The lowest BCUT2D eigenvalue weighted by molar-refractivity contribution is -0.384. The number of halogens is 1. The molecule has 2 aromatic carbocycles. The molecule has 0 unspecified atom stereocenters. The Morgan fingerprint density at radius 2 is 1.96 bits per heavy atom. The summed E-state index contributed by atoms with van der Waals surface area (Å²) in [4.78, 5) is 33.8. The number of non-ortho nitro benzene ring substituents is 1. The van der Waals surface area contributed by atoms with Gasteiger partial charge in [0, 0.05) is 22.2 Å². The molecule has 0 saturated carbocycles. The van der Waals surface area contributed by atoms with Gasteiger partial charge in [0.1, 0.15) is 0 Å². The Morgan fingerprint density at radius 3 is 2.68 bits per heavy atom. The molecule has 0 spiro atoms. The predicted molar refractivity (Wildman–Crippen MR) is 95.3 cm³/mol. The summed E-state index contributed by atoms with van der Waals surface area (Å²) >= 11 is 3.25. The van der Waals surface area contributed by atoms with Crippen molar-refractivity contribution >= 4 is 39.6 Å². The molecule has 0 saturated heterocycles. The Bertz CT molecular complexity index is 838. The van der Waals surface area contributed by atoms with Crippen molar-refractivity contribution in [1.82, 2.24) is 10.7 Å². The van der Waals surface area contributed by atoms with Gasteiger partial charge in [0.05, 0.1) is 23.2 Å². The monoisotopic (exact) mass is 404 g/mol. The highest BCUT2D eigenvalue weighted by atomic mass is 79.9. The second-order valence-corrected chi connectivity index (χ2v) is 5.66. The maximum absolute atomic E-state index is 11.9. The van der Waals surface area contributed by atoms with Crippen LogP contribution in [0.1, 0.15) is 15.9 Å². The molecule has 2 rings (SSSR count). The SMILES string of the molecule is O=C(CNC(=O)c1ccccc1Br)NN=Cc1cccc([N+](=O)[O-])c1. The second kappa shape index (κ2) is 8.69. The van der Waals surface area contributed by atoms with Crippen LogP contribution in [0.25, 0.3) is 0 Å². The summed E-state index contributed by atoms with van der Waals surface area (Å²) in [5.41, 5.74) is 3.04. The van der Waals surface area contributed by atoms with Gasteiger partial charge in [-0.3, -0.25) is 19.7 Å². The number of amides is 2. The van der Waals surface area contributed by atoms with Gasteiger partial charge < -0.3 is 5.32 Å². The van der Waals surface area contributed by atoms with Crippen LogP contribution < -0.4 is 10.7 Å². The van der Waals surface area contributed by atoms with E-state index in [1.165, 1.54) is 24.4 Å². The van der Waals surface area contributed by atoms with Crippen molar-refractivity contribution in [3.05, 3.63) is 74.2 Å². The molecule has 0 bridgehead atoms. The van der Waals surface area contributed by atoms with E-state index < -0.39 is 16.7 Å². The van der Waals surface area contributed by atoms with Crippen LogP contribution in [0.3, 0.4) is 0 Å². The first-order valence-corrected chi connectivity index (χ1v) is 7.86. The van der Waals surface area contributed by atoms with Gasteiger partial charge in [0.25, 0.3) is 17.5 Å². The van der Waals surface area contributed by atoms with Crippen LogP contribution >= 0.6 is 15.9 Å². The van der Waals surface area contributed by atoms with E-state index in [9.17, 15) is 19.7 Å². The highest BCUT2D eigenvalue weighted by Gasteiger charge is 2.10. The van der Waals surface area contributed by atoms with Gasteiger partial charge in [-0.15, -0.1) is 0 Å². The summed E-state index contributed by atoms with van der Waals surface area (Å²) in [5, 5.41) is 16.8. The lowest BCUT2D eigenvalue weighted by Gasteiger charge is -2.05. The fourth-order valence-electron chi connectivity index (χ4n) is 1.84. The molecule has 25 heavy (non-hydrogen) atoms. The second-order valence-electron chi connectivity index (χ2n) is 4.81. The van der Waals surface area contributed by atoms with E-state index in [2.05, 4.69) is 31.8 Å². The van der Waals surface area contributed by atoms with Gasteiger partial charge in [-0.1, -0.05) is 24.3 Å². The fraction of sp³-hybridized carbons (Fsp3) is 0.0625. The zero-order valence-corrected chi connectivity index (χ0v) is 14.4. The zero-order valence-electron chi connectivity index (χ0n) is 12.8. The maximum Gasteiger partial charge on any atom is 0.270 e. The summed E-state index contributed by atoms with van der Waals surface area (Å²) < 4.78 is 0.622. The molecule has 2 N–H and O–H groups in total. The number of hydrazone groups is 1. The van der Waals surface area contributed by atoms with Gasteiger partial charge in [0.2, 0.25) is 0 Å². The van der Waals surface area contributed by atoms with Crippen molar-refractivity contribution in [2.45, 2.75) is 0 Å². The standard InChI is InChI=1S/C16H13BrN4O4/c17-14-7-2-1-6-13(14)16(23)18-10-15(22)20-19-9-11-4-3-5-12(8-11)21(24)25/h1-9H,10H2,(H,18,23)(H,20,22). The molecule has 2 amide bonds. The highest BCUT2D eigenvalue weighted by Crippen LogP contribution is 2.15. The average molecular weight is 405 g/mol. The minimum atomic E-state index is -0.526. The Hall–Kier alpha value is -3.07. The van der Waals surface area contributed by atoms with Gasteiger partial charge in [-0.2, -0.15) is 5.10 Å². The van der Waals surface area contributed by atoms with E-state index in [-0.39, 0.29) is 12.2 Å². The van der Waals surface area contributed by atoms with E-state index in [4.69, 9.17) is 0 Å². The Labute approximate surface area is 151 Å². The third-order valence-corrected chi connectivity index (χ3v) is 3.70. The first-order chi connectivity index (χ1) is 12.0. The molecule has 0 aliphatic rings. The van der Waals surface area contributed by atoms with E-state index in [0.29, 0.717) is 15.6 Å². The van der Waals surface area contributed by atoms with Crippen LogP contribution in [0.15, 0.2) is 58.1 Å². The third-order valence-electron chi connectivity index (χ3n) is 3.01. The largest absolute Gasteiger partial charge is 0.343 e. The fourth-order valence-corrected chi connectivity index (χ4v) is 2.30. The van der Waals surface area contributed by atoms with E-state index >= 15 is 0 Å². The van der Waals surface area contributed by atoms with Crippen molar-refractivity contribution in [2.75, 3.05) is 6.54 Å². The van der Waals surface area contributed by atoms with Crippen LogP contribution in [0.4, 0.5) is 5.69 Å². The molecule has 8 nitrogen and oxygen atoms in total. The van der Waals surface area contributed by atoms with Crippen molar-refractivity contribution in [2.24, 2.45) is 5.10 Å². The number of nitro groups is 1. The molecule has 0 fully saturated rings. The smallest absolute Gasteiger partial charge is 0.270 e. The number of hydrogen-bond donors (Lipinski definition) is 2. The summed E-state index contributed by atoms with van der Waals surface area (Å²) in [5.74, 6) is -0.924. The molecule has 0 aliphatic carbocycles. The molecule has 128 valence electrons. The first-order valence-electron chi connectivity index (χ1n) is 7.06. The molecule has 0 heterocycles. The number of carbonyl (C=O) groups excluding carboxylic acids is 2. The zero-order chi connectivity index (χ0) is 18.2. The molecule has 0 atom stereocenters. The van der Waals surface area contributed by atoms with Crippen LogP contribution in [-0.4, -0.2) is 29.5 Å². The molecule has 9 heteroatoms. The van der Waals surface area contributed by atoms with Crippen molar-refractivity contribution in [3.8, 4) is 0 Å². The first kappa shape index (κ1) is 18.3. The highest BCUT2D eigenvalue weighted by molar-refractivity contribution is 9.10. The quantitative estimate of drug-likeness (QED) is 0.436. The summed E-state index contributed by atoms with van der Waals surface area (Å²) in [6.07, 6.45) is 1.28. The molecule has 0 aromatic heterocycles. The van der Waals surface area contributed by atoms with E-state index in [1.807, 2.05) is 0 Å². The number of nitro benzene ring substituents is 1. The molecule has 2 aromatic rings. The average Bonchev–Trinajstić information content (AvgIpc) is 2.60. The Kier molecular flexibility index (Phi) is 6.35. The van der Waals surface area contributed by atoms with Crippen LogP contribution in [0.5, 0.6) is 0 Å². The maximum atomic E-state index is 11.9. The number of nitrogens with one attached hydrogen (secondary N) is 2. The topological polar surface area (TPSA) is 114 Å². The summed E-state index contributed by atoms with van der Waals surface area (Å²) in [6, 6.07) is 12.6. The van der Waals surface area contributed by atoms with Crippen molar-refractivity contribution in [1.29, 1.82) is 0 Å². The number of rotatable bonds is 6. The number of nitrogens with zero attached hydrogens (tertiary/aromatic N) is 2. The Morgan fingerprint density at radius 1 is 1.20 bits per heavy atom. The summed E-state index contributed by atoms with van der Waals surface area (Å²) in [7, 11) is 0. The van der Waals surface area contributed by atoms with Crippen LogP contribution in [0.2, 0.25) is 0 Å². The minimum absolute atomic E-state index is 0.0732. The minimum Gasteiger partial charge on any atom is -0.343 e. The molecule has 0 aliphatic heterocycles. The van der Waals surface area contributed by atoms with Gasteiger partial charge >= 0.3 is 0 Å². The number of carbonyl (C=O) groups is 2. The van der Waals surface area contributed by atoms with Crippen molar-refractivity contribution in [3.63, 3.8) is 0 Å². The van der Waals surface area contributed by atoms with Crippen LogP contribution in [0, 0.1) is 10.1 Å². The normalized spacial score (nSPS) is 10.4. The lowest BCUT2D eigenvalue weighted by Crippen LogP contribution is -2.35. The lowest BCUT2D eigenvalue weighted by atomic mass is 10.2. The van der Waals surface area contributed by atoms with E-state index in [1.54, 1.807) is 30.3 Å². The molecular formula is C16H13BrN4O4. The van der Waals surface area contributed by atoms with E-state index in [0.717, 1.165) is 0 Å². The third kappa shape index (κ3) is 5.50. The van der Waals surface area contributed by atoms with Crippen molar-refractivity contribution < 1.29 is 14.5 Å². The van der Waals surface area contributed by atoms with Crippen LogP contribution in [-0.2, 0) is 4.79 Å². The number of benzene rings is 2. The van der Waals surface area contributed by atoms with Gasteiger partial charge in [0.15, 0.2) is 0 Å². The molecular weight excluding hydrogens is 392 g/mol. The summed E-state index contributed by atoms with van der Waals surface area (Å²) in [6.45, 7) is -0.257.